The second kappa shape index (κ2) is 8.41. The van der Waals surface area contributed by atoms with Crippen LogP contribution in [-0.2, 0) is 0 Å². The van der Waals surface area contributed by atoms with Crippen LogP contribution in [0.4, 0.5) is 0 Å². The second-order valence-electron chi connectivity index (χ2n) is 8.27. The molecule has 5 rings (SSSR count). The van der Waals surface area contributed by atoms with E-state index in [4.69, 9.17) is 4.74 Å². The van der Waals surface area contributed by atoms with E-state index in [1.807, 2.05) is 18.2 Å². The van der Waals surface area contributed by atoms with Crippen molar-refractivity contribution in [2.45, 2.75) is 12.0 Å². The Morgan fingerprint density at radius 1 is 0.559 bits per heavy atom. The molecule has 0 saturated carbocycles. The summed E-state index contributed by atoms with van der Waals surface area (Å²) in [6.07, 6.45) is 3.13. The molecular formula is C28H22O6. The van der Waals surface area contributed by atoms with Gasteiger partial charge in [-0.05, 0) is 70.8 Å². The van der Waals surface area contributed by atoms with Crippen molar-refractivity contribution in [3.63, 3.8) is 0 Å². The molecule has 0 radical (unpaired) electrons. The second-order valence-corrected chi connectivity index (χ2v) is 8.27. The molecule has 0 bridgehead atoms. The van der Waals surface area contributed by atoms with E-state index in [-0.39, 0.29) is 28.7 Å². The maximum Gasteiger partial charge on any atom is 0.135 e. The van der Waals surface area contributed by atoms with Gasteiger partial charge in [-0.25, -0.2) is 0 Å². The summed E-state index contributed by atoms with van der Waals surface area (Å²) in [6.45, 7) is 0. The smallest absolute Gasteiger partial charge is 0.135 e. The van der Waals surface area contributed by atoms with Crippen molar-refractivity contribution >= 4 is 12.2 Å². The first-order valence-electron chi connectivity index (χ1n) is 10.7. The number of benzene rings is 4. The van der Waals surface area contributed by atoms with Gasteiger partial charge >= 0.3 is 0 Å². The fourth-order valence-corrected chi connectivity index (χ4v) is 4.34. The van der Waals surface area contributed by atoms with E-state index in [0.29, 0.717) is 22.4 Å². The van der Waals surface area contributed by atoms with Crippen LogP contribution in [0, 0.1) is 0 Å². The predicted molar refractivity (Wildman–Crippen MR) is 128 cm³/mol. The predicted octanol–water partition coefficient (Wildman–Crippen LogP) is 5.65. The monoisotopic (exact) mass is 454 g/mol. The van der Waals surface area contributed by atoms with E-state index in [1.165, 1.54) is 18.2 Å². The zero-order chi connectivity index (χ0) is 23.8. The van der Waals surface area contributed by atoms with Crippen molar-refractivity contribution in [1.29, 1.82) is 0 Å². The Kier molecular flexibility index (Phi) is 5.26. The first kappa shape index (κ1) is 21.3. The molecule has 0 aliphatic carbocycles. The lowest BCUT2D eigenvalue weighted by atomic mass is 9.84. The van der Waals surface area contributed by atoms with Crippen LogP contribution in [0.25, 0.3) is 12.2 Å². The molecule has 0 amide bonds. The van der Waals surface area contributed by atoms with Crippen LogP contribution in [0.3, 0.4) is 0 Å². The molecule has 4 aromatic rings. The highest BCUT2D eigenvalue weighted by atomic mass is 16.5. The number of phenols is 5. The SMILES string of the molecule is Oc1ccc(/C=C\c2cc(O)c3c(c2)O[C@@H](c2ccc(O)cc2)[C@H]3c2cc(O)cc(O)c2)cc1. The molecule has 6 heteroatoms. The summed E-state index contributed by atoms with van der Waals surface area (Å²) >= 11 is 0. The van der Waals surface area contributed by atoms with Crippen molar-refractivity contribution in [2.75, 3.05) is 0 Å². The number of ether oxygens (including phenoxy) is 1. The summed E-state index contributed by atoms with van der Waals surface area (Å²) in [4.78, 5) is 0. The Morgan fingerprint density at radius 3 is 1.79 bits per heavy atom. The standard InChI is InChI=1S/C28H22O6/c29-20-7-3-16(4-8-20)1-2-17-11-24(33)27-25(12-17)34-28(18-5-9-21(30)10-6-18)26(27)19-13-22(31)15-23(32)14-19/h1-15,26,28-33H/b2-1-/t26-,28-/m0/s1. The van der Waals surface area contributed by atoms with Crippen LogP contribution in [0.1, 0.15) is 39.8 Å². The van der Waals surface area contributed by atoms with Gasteiger partial charge in [-0.1, -0.05) is 36.4 Å². The number of fused-ring (bicyclic) bond motifs is 1. The van der Waals surface area contributed by atoms with E-state index < -0.39 is 12.0 Å². The van der Waals surface area contributed by atoms with Gasteiger partial charge in [0.1, 0.15) is 40.6 Å². The molecule has 0 saturated heterocycles. The summed E-state index contributed by atoms with van der Waals surface area (Å²) in [5.74, 6) is 0.114. The average Bonchev–Trinajstić information content (AvgIpc) is 3.19. The van der Waals surface area contributed by atoms with Gasteiger partial charge in [0.25, 0.3) is 0 Å². The Hall–Kier alpha value is -4.58. The van der Waals surface area contributed by atoms with Gasteiger partial charge in [0.05, 0.1) is 5.92 Å². The molecule has 0 unspecified atom stereocenters. The maximum atomic E-state index is 11.0. The third-order valence-electron chi connectivity index (χ3n) is 5.88. The van der Waals surface area contributed by atoms with E-state index in [2.05, 4.69) is 0 Å². The van der Waals surface area contributed by atoms with Crippen molar-refractivity contribution < 1.29 is 30.3 Å². The summed E-state index contributed by atoms with van der Waals surface area (Å²) in [5.41, 5.74) is 3.49. The molecule has 0 aromatic heterocycles. The maximum absolute atomic E-state index is 11.0. The number of rotatable bonds is 4. The van der Waals surface area contributed by atoms with Crippen molar-refractivity contribution in [1.82, 2.24) is 0 Å². The van der Waals surface area contributed by atoms with E-state index in [1.54, 1.807) is 54.6 Å². The molecule has 1 aliphatic heterocycles. The molecule has 0 fully saturated rings. The Labute approximate surface area is 195 Å². The first-order chi connectivity index (χ1) is 16.4. The van der Waals surface area contributed by atoms with Crippen LogP contribution >= 0.6 is 0 Å². The van der Waals surface area contributed by atoms with E-state index in [9.17, 15) is 25.5 Å². The lowest BCUT2D eigenvalue weighted by Crippen LogP contribution is -2.11. The fourth-order valence-electron chi connectivity index (χ4n) is 4.34. The molecular weight excluding hydrogens is 432 g/mol. The summed E-state index contributed by atoms with van der Waals surface area (Å²) in [6, 6.07) is 21.1. The molecule has 4 aromatic carbocycles. The molecule has 34 heavy (non-hydrogen) atoms. The Balaban J connectivity index is 1.58. The average molecular weight is 454 g/mol. The van der Waals surface area contributed by atoms with E-state index in [0.717, 1.165) is 11.1 Å². The largest absolute Gasteiger partial charge is 0.508 e. The third kappa shape index (κ3) is 4.09. The van der Waals surface area contributed by atoms with Crippen molar-refractivity contribution in [2.24, 2.45) is 0 Å². The van der Waals surface area contributed by atoms with Gasteiger partial charge in [-0.2, -0.15) is 0 Å². The van der Waals surface area contributed by atoms with Gasteiger partial charge in [-0.15, -0.1) is 0 Å². The van der Waals surface area contributed by atoms with Crippen LogP contribution in [-0.4, -0.2) is 25.5 Å². The minimum Gasteiger partial charge on any atom is -0.508 e. The van der Waals surface area contributed by atoms with Crippen LogP contribution in [0.15, 0.2) is 78.9 Å². The van der Waals surface area contributed by atoms with Crippen LogP contribution in [0.2, 0.25) is 0 Å². The number of hydrogen-bond donors (Lipinski definition) is 5. The van der Waals surface area contributed by atoms with Crippen molar-refractivity contribution in [3.05, 3.63) is 107 Å². The quantitative estimate of drug-likeness (QED) is 0.255. The number of aromatic hydroxyl groups is 5. The summed E-state index contributed by atoms with van der Waals surface area (Å²) in [7, 11) is 0. The fraction of sp³-hybridized carbons (Fsp3) is 0.0714. The molecule has 1 heterocycles. The van der Waals surface area contributed by atoms with Crippen LogP contribution in [0.5, 0.6) is 34.5 Å². The van der Waals surface area contributed by atoms with Gasteiger partial charge in [0, 0.05) is 11.6 Å². The van der Waals surface area contributed by atoms with Crippen molar-refractivity contribution in [3.8, 4) is 34.5 Å². The Morgan fingerprint density at radius 2 is 1.15 bits per heavy atom. The normalized spacial score (nSPS) is 16.9. The zero-order valence-corrected chi connectivity index (χ0v) is 18.0. The zero-order valence-electron chi connectivity index (χ0n) is 18.0. The van der Waals surface area contributed by atoms with E-state index >= 15 is 0 Å². The topological polar surface area (TPSA) is 110 Å². The highest BCUT2D eigenvalue weighted by molar-refractivity contribution is 5.73. The van der Waals surface area contributed by atoms with Gasteiger partial charge in [-0.3, -0.25) is 0 Å². The lowest BCUT2D eigenvalue weighted by molar-refractivity contribution is 0.222. The molecule has 6 nitrogen and oxygen atoms in total. The van der Waals surface area contributed by atoms with Gasteiger partial charge in [0.15, 0.2) is 0 Å². The van der Waals surface area contributed by atoms with Crippen LogP contribution < -0.4 is 4.74 Å². The summed E-state index contributed by atoms with van der Waals surface area (Å²) in [5, 5.41) is 50.3. The first-order valence-corrected chi connectivity index (χ1v) is 10.7. The Bertz CT molecular complexity index is 1350. The third-order valence-corrected chi connectivity index (χ3v) is 5.88. The van der Waals surface area contributed by atoms with Gasteiger partial charge in [0.2, 0.25) is 0 Å². The lowest BCUT2D eigenvalue weighted by Gasteiger charge is -2.21. The minimum atomic E-state index is -0.556. The highest BCUT2D eigenvalue weighted by Crippen LogP contribution is 2.54. The molecule has 0 spiro atoms. The molecule has 2 atom stereocenters. The number of phenolic OH excluding ortho intramolecular Hbond substituents is 5. The number of hydrogen-bond acceptors (Lipinski definition) is 6. The molecule has 1 aliphatic rings. The molecule has 170 valence electrons. The summed E-state index contributed by atoms with van der Waals surface area (Å²) < 4.78 is 6.30. The highest BCUT2D eigenvalue weighted by Gasteiger charge is 2.39. The minimum absolute atomic E-state index is 0.0250. The van der Waals surface area contributed by atoms with Gasteiger partial charge < -0.3 is 30.3 Å². The molecule has 5 N–H and O–H groups in total.